The molecule has 15 heavy (non-hydrogen) atoms. The number of nitrogens with two attached hydrogens (primary N) is 1. The molecular weight excluding hydrogens is 188 g/mol. The first kappa shape index (κ1) is 10.9. The van der Waals surface area contributed by atoms with Gasteiger partial charge in [0.15, 0.2) is 0 Å². The quantitative estimate of drug-likeness (QED) is 0.747. The van der Waals surface area contributed by atoms with Crippen LogP contribution in [0.25, 0.3) is 0 Å². The zero-order valence-electron chi connectivity index (χ0n) is 9.45. The molecule has 2 fully saturated rings. The topological polar surface area (TPSA) is 46.3 Å². The molecule has 0 aromatic rings. The molecule has 0 heterocycles. The molecule has 2 rings (SSSR count). The minimum Gasteiger partial charge on any atom is -0.339 e. The van der Waals surface area contributed by atoms with E-state index in [1.807, 2.05) is 0 Å². The molecule has 2 N–H and O–H groups in total. The van der Waals surface area contributed by atoms with Crippen LogP contribution in [0.5, 0.6) is 0 Å². The van der Waals surface area contributed by atoms with Gasteiger partial charge in [0.25, 0.3) is 0 Å². The molecule has 0 radical (unpaired) electrons. The second-order valence-corrected chi connectivity index (χ2v) is 4.89. The first-order valence-electron chi connectivity index (χ1n) is 6.33. The summed E-state index contributed by atoms with van der Waals surface area (Å²) < 4.78 is 0. The SMILES string of the molecule is NCCCN(C(=O)C1CC1)C1CCCC1. The zero-order chi connectivity index (χ0) is 10.7. The largest absolute Gasteiger partial charge is 0.339 e. The molecule has 2 aliphatic rings. The van der Waals surface area contributed by atoms with E-state index in [0.29, 0.717) is 24.4 Å². The Balaban J connectivity index is 1.90. The molecule has 0 spiro atoms. The Morgan fingerprint density at radius 3 is 2.40 bits per heavy atom. The minimum atomic E-state index is 0.364. The number of hydrogen-bond acceptors (Lipinski definition) is 2. The van der Waals surface area contributed by atoms with Gasteiger partial charge in [-0.15, -0.1) is 0 Å². The van der Waals surface area contributed by atoms with Crippen molar-refractivity contribution in [3.63, 3.8) is 0 Å². The Morgan fingerprint density at radius 1 is 1.20 bits per heavy atom. The lowest BCUT2D eigenvalue weighted by molar-refractivity contribution is -0.134. The number of nitrogens with zero attached hydrogens (tertiary/aromatic N) is 1. The van der Waals surface area contributed by atoms with Crippen LogP contribution in [0.4, 0.5) is 0 Å². The average molecular weight is 210 g/mol. The molecule has 86 valence electrons. The number of rotatable bonds is 5. The van der Waals surface area contributed by atoms with Gasteiger partial charge in [-0.1, -0.05) is 12.8 Å². The predicted molar refractivity (Wildman–Crippen MR) is 60.4 cm³/mol. The van der Waals surface area contributed by atoms with Crippen LogP contribution in [0.1, 0.15) is 44.9 Å². The maximum Gasteiger partial charge on any atom is 0.225 e. The molecule has 0 unspecified atom stereocenters. The molecule has 0 aromatic carbocycles. The third-order valence-corrected chi connectivity index (χ3v) is 3.58. The van der Waals surface area contributed by atoms with Crippen LogP contribution in [0.2, 0.25) is 0 Å². The van der Waals surface area contributed by atoms with E-state index in [1.54, 1.807) is 0 Å². The Kier molecular flexibility index (Phi) is 3.62. The van der Waals surface area contributed by atoms with Crippen LogP contribution in [0, 0.1) is 5.92 Å². The highest BCUT2D eigenvalue weighted by atomic mass is 16.2. The molecule has 0 aromatic heterocycles. The molecule has 0 bridgehead atoms. The molecule has 3 heteroatoms. The number of carbonyl (C=O) groups excluding carboxylic acids is 1. The van der Waals surface area contributed by atoms with Crippen LogP contribution < -0.4 is 5.73 Å². The van der Waals surface area contributed by atoms with E-state index in [4.69, 9.17) is 5.73 Å². The summed E-state index contributed by atoms with van der Waals surface area (Å²) in [6.45, 7) is 1.58. The van der Waals surface area contributed by atoms with Crippen molar-refractivity contribution in [1.29, 1.82) is 0 Å². The van der Waals surface area contributed by atoms with Gasteiger partial charge in [0.05, 0.1) is 0 Å². The lowest BCUT2D eigenvalue weighted by atomic mass is 10.1. The maximum absolute atomic E-state index is 12.1. The van der Waals surface area contributed by atoms with E-state index in [1.165, 1.54) is 25.7 Å². The predicted octanol–water partition coefficient (Wildman–Crippen LogP) is 1.52. The second kappa shape index (κ2) is 4.97. The van der Waals surface area contributed by atoms with Gasteiger partial charge >= 0.3 is 0 Å². The maximum atomic E-state index is 12.1. The van der Waals surface area contributed by atoms with Crippen molar-refractivity contribution in [2.24, 2.45) is 11.7 Å². The summed E-state index contributed by atoms with van der Waals surface area (Å²) in [6.07, 6.45) is 8.19. The second-order valence-electron chi connectivity index (χ2n) is 4.89. The summed E-state index contributed by atoms with van der Waals surface area (Å²) in [5.74, 6) is 0.777. The normalized spacial score (nSPS) is 21.9. The third kappa shape index (κ3) is 2.71. The minimum absolute atomic E-state index is 0.364. The van der Waals surface area contributed by atoms with Crippen LogP contribution in [0.3, 0.4) is 0 Å². The fourth-order valence-electron chi connectivity index (χ4n) is 2.52. The van der Waals surface area contributed by atoms with E-state index in [0.717, 1.165) is 25.8 Å². The van der Waals surface area contributed by atoms with Crippen LogP contribution in [0.15, 0.2) is 0 Å². The van der Waals surface area contributed by atoms with Crippen molar-refractivity contribution in [1.82, 2.24) is 4.90 Å². The van der Waals surface area contributed by atoms with Gasteiger partial charge in [-0.3, -0.25) is 4.79 Å². The first-order valence-corrected chi connectivity index (χ1v) is 6.33. The highest BCUT2D eigenvalue weighted by Crippen LogP contribution is 2.34. The van der Waals surface area contributed by atoms with Crippen molar-refractivity contribution in [2.45, 2.75) is 51.0 Å². The van der Waals surface area contributed by atoms with E-state index >= 15 is 0 Å². The Labute approximate surface area is 92.0 Å². The highest BCUT2D eigenvalue weighted by Gasteiger charge is 2.36. The number of hydrogen-bond donors (Lipinski definition) is 1. The number of carbonyl (C=O) groups is 1. The van der Waals surface area contributed by atoms with E-state index < -0.39 is 0 Å². The van der Waals surface area contributed by atoms with Gasteiger partial charge < -0.3 is 10.6 Å². The molecule has 0 saturated heterocycles. The highest BCUT2D eigenvalue weighted by molar-refractivity contribution is 5.81. The van der Waals surface area contributed by atoms with Crippen molar-refractivity contribution in [3.8, 4) is 0 Å². The van der Waals surface area contributed by atoms with Gasteiger partial charge in [-0.2, -0.15) is 0 Å². The van der Waals surface area contributed by atoms with Gasteiger partial charge in [0.2, 0.25) is 5.91 Å². The summed E-state index contributed by atoms with van der Waals surface area (Å²) in [5, 5.41) is 0. The molecule has 3 nitrogen and oxygen atoms in total. The van der Waals surface area contributed by atoms with Gasteiger partial charge in [0.1, 0.15) is 0 Å². The van der Waals surface area contributed by atoms with Crippen LogP contribution in [-0.4, -0.2) is 29.9 Å². The van der Waals surface area contributed by atoms with Crippen molar-refractivity contribution in [2.75, 3.05) is 13.1 Å². The smallest absolute Gasteiger partial charge is 0.225 e. The van der Waals surface area contributed by atoms with Crippen molar-refractivity contribution in [3.05, 3.63) is 0 Å². The summed E-state index contributed by atoms with van der Waals surface area (Å²) in [6, 6.07) is 0.532. The van der Waals surface area contributed by atoms with Gasteiger partial charge in [-0.25, -0.2) is 0 Å². The van der Waals surface area contributed by atoms with Crippen LogP contribution >= 0.6 is 0 Å². The summed E-state index contributed by atoms with van der Waals surface area (Å²) in [5.41, 5.74) is 5.53. The number of amides is 1. The summed E-state index contributed by atoms with van der Waals surface area (Å²) in [7, 11) is 0. The van der Waals surface area contributed by atoms with Gasteiger partial charge in [-0.05, 0) is 38.6 Å². The summed E-state index contributed by atoms with van der Waals surface area (Å²) >= 11 is 0. The van der Waals surface area contributed by atoms with E-state index in [9.17, 15) is 4.79 Å². The Bertz CT molecular complexity index is 220. The monoisotopic (exact) mass is 210 g/mol. The molecule has 1 amide bonds. The lowest BCUT2D eigenvalue weighted by Gasteiger charge is -2.29. The van der Waals surface area contributed by atoms with Gasteiger partial charge in [0, 0.05) is 18.5 Å². The molecule has 0 atom stereocenters. The fourth-order valence-corrected chi connectivity index (χ4v) is 2.52. The molecule has 2 aliphatic carbocycles. The molecular formula is C12H22N2O. The lowest BCUT2D eigenvalue weighted by Crippen LogP contribution is -2.41. The fraction of sp³-hybridized carbons (Fsp3) is 0.917. The van der Waals surface area contributed by atoms with E-state index in [-0.39, 0.29) is 0 Å². The average Bonchev–Trinajstić information content (AvgIpc) is 2.97. The molecule has 0 aliphatic heterocycles. The first-order chi connectivity index (χ1) is 7.33. The Hall–Kier alpha value is -0.570. The standard InChI is InChI=1S/C12H22N2O/c13-8-3-9-14(11-4-1-2-5-11)12(15)10-6-7-10/h10-11H,1-9,13H2. The third-order valence-electron chi connectivity index (χ3n) is 3.58. The van der Waals surface area contributed by atoms with Crippen molar-refractivity contribution >= 4 is 5.91 Å². The van der Waals surface area contributed by atoms with Crippen LogP contribution in [-0.2, 0) is 4.79 Å². The van der Waals surface area contributed by atoms with Crippen molar-refractivity contribution < 1.29 is 4.79 Å². The molecule has 2 saturated carbocycles. The van der Waals surface area contributed by atoms with E-state index in [2.05, 4.69) is 4.90 Å². The zero-order valence-corrected chi connectivity index (χ0v) is 9.45. The summed E-state index contributed by atoms with van der Waals surface area (Å²) in [4.78, 5) is 14.2. The Morgan fingerprint density at radius 2 is 1.87 bits per heavy atom.